The van der Waals surface area contributed by atoms with Gasteiger partial charge >= 0.3 is 5.97 Å². The van der Waals surface area contributed by atoms with E-state index >= 15 is 0 Å². The van der Waals surface area contributed by atoms with Gasteiger partial charge in [-0.15, -0.1) is 0 Å². The molecule has 0 aromatic heterocycles. The minimum Gasteiger partial charge on any atom is -0.468 e. The summed E-state index contributed by atoms with van der Waals surface area (Å²) < 4.78 is 28.6. The van der Waals surface area contributed by atoms with Crippen LogP contribution in [0, 0.1) is 20.8 Å². The van der Waals surface area contributed by atoms with Crippen molar-refractivity contribution in [2.75, 3.05) is 25.7 Å². The van der Waals surface area contributed by atoms with E-state index in [4.69, 9.17) is 0 Å². The molecule has 1 rings (SSSR count). The van der Waals surface area contributed by atoms with Crippen molar-refractivity contribution < 1.29 is 17.9 Å². The lowest BCUT2D eigenvalue weighted by atomic mass is 9.95. The zero-order chi connectivity index (χ0) is 16.2. The molecular weight excluding hydrogens is 290 g/mol. The fourth-order valence-electron chi connectivity index (χ4n) is 2.60. The maximum absolute atomic E-state index is 12.1. The van der Waals surface area contributed by atoms with Crippen LogP contribution in [0.1, 0.15) is 28.3 Å². The van der Waals surface area contributed by atoms with Crippen LogP contribution in [-0.4, -0.2) is 40.1 Å². The number of benzene rings is 1. The van der Waals surface area contributed by atoms with Crippen LogP contribution in [0.4, 0.5) is 0 Å². The minimum absolute atomic E-state index is 0.136. The van der Waals surface area contributed by atoms with Gasteiger partial charge in [-0.1, -0.05) is 17.7 Å². The molecule has 0 saturated heterocycles. The quantitative estimate of drug-likeness (QED) is 0.805. The highest BCUT2D eigenvalue weighted by molar-refractivity contribution is 7.92. The second-order valence-corrected chi connectivity index (χ2v) is 7.39. The first-order valence-corrected chi connectivity index (χ1v) is 8.54. The highest BCUT2D eigenvalue weighted by Gasteiger charge is 2.25. The number of carbonyl (C=O) groups is 1. The molecule has 0 saturated carbocycles. The molecule has 1 aromatic carbocycles. The Kier molecular flexibility index (Phi) is 5.92. The molecule has 5 nitrogen and oxygen atoms in total. The van der Waals surface area contributed by atoms with E-state index in [0.29, 0.717) is 0 Å². The van der Waals surface area contributed by atoms with Gasteiger partial charge in [0.1, 0.15) is 5.75 Å². The van der Waals surface area contributed by atoms with E-state index in [1.807, 2.05) is 32.9 Å². The molecule has 0 aliphatic heterocycles. The summed E-state index contributed by atoms with van der Waals surface area (Å²) in [7, 11) is -0.632. The van der Waals surface area contributed by atoms with E-state index in [2.05, 4.69) is 10.1 Å². The third-order valence-electron chi connectivity index (χ3n) is 3.42. The molecule has 21 heavy (non-hydrogen) atoms. The fourth-order valence-corrected chi connectivity index (χ4v) is 4.04. The van der Waals surface area contributed by atoms with E-state index < -0.39 is 21.6 Å². The number of hydrogen-bond acceptors (Lipinski definition) is 5. The van der Waals surface area contributed by atoms with E-state index in [9.17, 15) is 13.2 Å². The summed E-state index contributed by atoms with van der Waals surface area (Å²) >= 11 is 0. The van der Waals surface area contributed by atoms with Gasteiger partial charge in [-0.2, -0.15) is 0 Å². The van der Waals surface area contributed by atoms with Gasteiger partial charge < -0.3 is 10.1 Å². The standard InChI is InChI=1S/C15H23NO4S/c1-10-6-11(2)15(12(3)7-10)13(16-4)8-21(18,19)9-14(17)20-5/h6-7,13,16H,8-9H2,1-5H3. The zero-order valence-electron chi connectivity index (χ0n) is 13.2. The van der Waals surface area contributed by atoms with Gasteiger partial charge in [0.2, 0.25) is 0 Å². The van der Waals surface area contributed by atoms with E-state index in [0.717, 1.165) is 22.3 Å². The number of aryl methyl sites for hydroxylation is 3. The normalized spacial score (nSPS) is 13.0. The van der Waals surface area contributed by atoms with E-state index in [1.54, 1.807) is 7.05 Å². The number of ether oxygens (including phenoxy) is 1. The Hall–Kier alpha value is -1.40. The average Bonchev–Trinajstić information content (AvgIpc) is 2.35. The van der Waals surface area contributed by atoms with Crippen LogP contribution in [0.3, 0.4) is 0 Å². The van der Waals surface area contributed by atoms with Crippen LogP contribution in [0.5, 0.6) is 0 Å². The fraction of sp³-hybridized carbons (Fsp3) is 0.533. The zero-order valence-corrected chi connectivity index (χ0v) is 14.0. The number of methoxy groups -OCH3 is 1. The van der Waals surface area contributed by atoms with E-state index in [1.165, 1.54) is 7.11 Å². The first-order chi connectivity index (χ1) is 9.70. The molecule has 0 amide bonds. The van der Waals surface area contributed by atoms with Gasteiger partial charge in [0, 0.05) is 6.04 Å². The van der Waals surface area contributed by atoms with Crippen molar-refractivity contribution in [1.29, 1.82) is 0 Å². The molecule has 0 heterocycles. The Morgan fingerprint density at radius 2 is 1.76 bits per heavy atom. The molecule has 0 aliphatic rings. The summed E-state index contributed by atoms with van der Waals surface area (Å²) in [6.07, 6.45) is 0. The number of nitrogens with one attached hydrogen (secondary N) is 1. The monoisotopic (exact) mass is 313 g/mol. The molecule has 1 aromatic rings. The summed E-state index contributed by atoms with van der Waals surface area (Å²) in [6.45, 7) is 5.94. The predicted octanol–water partition coefficient (Wildman–Crippen LogP) is 1.46. The lowest BCUT2D eigenvalue weighted by Crippen LogP contribution is -2.30. The lowest BCUT2D eigenvalue weighted by molar-refractivity contribution is -0.137. The third kappa shape index (κ3) is 4.82. The van der Waals surface area contributed by atoms with E-state index in [-0.39, 0.29) is 11.8 Å². The topological polar surface area (TPSA) is 72.5 Å². The maximum atomic E-state index is 12.1. The predicted molar refractivity (Wildman–Crippen MR) is 83.1 cm³/mol. The Bertz CT molecular complexity index is 600. The van der Waals surface area contributed by atoms with Gasteiger partial charge in [-0.25, -0.2) is 8.42 Å². The molecular formula is C15H23NO4S. The summed E-state index contributed by atoms with van der Waals surface area (Å²) in [5, 5.41) is 3.04. The van der Waals surface area contributed by atoms with Crippen molar-refractivity contribution in [3.63, 3.8) is 0 Å². The second-order valence-electron chi connectivity index (χ2n) is 5.28. The highest BCUT2D eigenvalue weighted by atomic mass is 32.2. The van der Waals surface area contributed by atoms with Crippen molar-refractivity contribution in [1.82, 2.24) is 5.32 Å². The lowest BCUT2D eigenvalue weighted by Gasteiger charge is -2.21. The molecule has 1 unspecified atom stereocenters. The highest BCUT2D eigenvalue weighted by Crippen LogP contribution is 2.24. The van der Waals surface area contributed by atoms with Gasteiger partial charge in [0.15, 0.2) is 9.84 Å². The molecule has 0 bridgehead atoms. The van der Waals surface area contributed by atoms with Gasteiger partial charge in [-0.05, 0) is 44.5 Å². The number of rotatable bonds is 6. The molecule has 0 radical (unpaired) electrons. The number of sulfone groups is 1. The minimum atomic E-state index is -3.53. The van der Waals surface area contributed by atoms with Crippen molar-refractivity contribution >= 4 is 15.8 Å². The van der Waals surface area contributed by atoms with Gasteiger partial charge in [-0.3, -0.25) is 4.79 Å². The Balaban J connectivity index is 3.08. The molecule has 118 valence electrons. The van der Waals surface area contributed by atoms with Crippen molar-refractivity contribution in [2.45, 2.75) is 26.8 Å². The van der Waals surface area contributed by atoms with Crippen LogP contribution in [-0.2, 0) is 19.4 Å². The number of esters is 1. The molecule has 1 N–H and O–H groups in total. The molecule has 0 fully saturated rings. The first kappa shape index (κ1) is 17.7. The summed E-state index contributed by atoms with van der Waals surface area (Å²) in [6, 6.07) is 3.71. The van der Waals surface area contributed by atoms with Gasteiger partial charge in [0.25, 0.3) is 0 Å². The molecule has 0 aliphatic carbocycles. The van der Waals surface area contributed by atoms with Crippen molar-refractivity contribution in [2.24, 2.45) is 0 Å². The second kappa shape index (κ2) is 7.04. The third-order valence-corrected chi connectivity index (χ3v) is 4.94. The van der Waals surface area contributed by atoms with Crippen LogP contribution >= 0.6 is 0 Å². The van der Waals surface area contributed by atoms with Crippen LogP contribution in [0.15, 0.2) is 12.1 Å². The summed E-state index contributed by atoms with van der Waals surface area (Å²) in [5.41, 5.74) is 4.19. The van der Waals surface area contributed by atoms with Crippen LogP contribution in [0.2, 0.25) is 0 Å². The van der Waals surface area contributed by atoms with Crippen LogP contribution in [0.25, 0.3) is 0 Å². The molecule has 1 atom stereocenters. The SMILES string of the molecule is CNC(CS(=O)(=O)CC(=O)OC)c1c(C)cc(C)cc1C. The Morgan fingerprint density at radius 3 is 2.19 bits per heavy atom. The summed E-state index contributed by atoms with van der Waals surface area (Å²) in [5.74, 6) is -1.46. The summed E-state index contributed by atoms with van der Waals surface area (Å²) in [4.78, 5) is 11.2. The molecule has 6 heteroatoms. The Morgan fingerprint density at radius 1 is 1.24 bits per heavy atom. The number of hydrogen-bond donors (Lipinski definition) is 1. The Labute approximate surface area is 126 Å². The van der Waals surface area contributed by atoms with Crippen LogP contribution < -0.4 is 5.32 Å². The van der Waals surface area contributed by atoms with Gasteiger partial charge in [0.05, 0.1) is 12.9 Å². The van der Waals surface area contributed by atoms with Crippen molar-refractivity contribution in [3.05, 3.63) is 34.4 Å². The number of carbonyl (C=O) groups excluding carboxylic acids is 1. The maximum Gasteiger partial charge on any atom is 0.320 e. The van der Waals surface area contributed by atoms with Crippen molar-refractivity contribution in [3.8, 4) is 0 Å². The largest absolute Gasteiger partial charge is 0.468 e. The first-order valence-electron chi connectivity index (χ1n) is 6.72. The average molecular weight is 313 g/mol. The molecule has 0 spiro atoms. The smallest absolute Gasteiger partial charge is 0.320 e.